The summed E-state index contributed by atoms with van der Waals surface area (Å²) in [7, 11) is 0. The van der Waals surface area contributed by atoms with E-state index < -0.39 is 0 Å². The maximum atomic E-state index is 5.90. The van der Waals surface area contributed by atoms with Gasteiger partial charge in [0.25, 0.3) is 0 Å². The van der Waals surface area contributed by atoms with Gasteiger partial charge in [-0.1, -0.05) is 0 Å². The molecule has 0 radical (unpaired) electrons. The lowest BCUT2D eigenvalue weighted by Crippen LogP contribution is -2.39. The minimum absolute atomic E-state index is 0.0729. The third kappa shape index (κ3) is 4.69. The third-order valence-electron chi connectivity index (χ3n) is 4.83. The standard InChI is InChI=1S/C16H30N2O2/c1-2-11-19-16(3-1)20-12-10-18(15-4-5-15)13-14-6-8-17-9-7-14/h14-17H,1-13H2. The summed E-state index contributed by atoms with van der Waals surface area (Å²) in [5.41, 5.74) is 0. The van der Waals surface area contributed by atoms with Crippen LogP contribution in [0.15, 0.2) is 0 Å². The van der Waals surface area contributed by atoms with Crippen LogP contribution in [0.4, 0.5) is 0 Å². The van der Waals surface area contributed by atoms with Gasteiger partial charge in [-0.05, 0) is 64.0 Å². The Morgan fingerprint density at radius 1 is 1.05 bits per heavy atom. The van der Waals surface area contributed by atoms with Crippen LogP contribution in [-0.4, -0.2) is 56.6 Å². The fraction of sp³-hybridized carbons (Fsp3) is 1.00. The van der Waals surface area contributed by atoms with Gasteiger partial charge in [0.1, 0.15) is 0 Å². The molecule has 4 heteroatoms. The lowest BCUT2D eigenvalue weighted by Gasteiger charge is -2.31. The SMILES string of the molecule is C1CCC(OCCN(CC2CCNCC2)C2CC2)OC1. The van der Waals surface area contributed by atoms with E-state index in [1.807, 2.05) is 0 Å². The van der Waals surface area contributed by atoms with E-state index >= 15 is 0 Å². The summed E-state index contributed by atoms with van der Waals surface area (Å²) in [6, 6.07) is 0.848. The molecule has 3 fully saturated rings. The molecule has 1 atom stereocenters. The van der Waals surface area contributed by atoms with Gasteiger partial charge in [0.2, 0.25) is 0 Å². The summed E-state index contributed by atoms with van der Waals surface area (Å²) in [6.45, 7) is 6.50. The van der Waals surface area contributed by atoms with Crippen molar-refractivity contribution >= 4 is 0 Å². The lowest BCUT2D eigenvalue weighted by atomic mass is 9.97. The molecule has 1 saturated carbocycles. The van der Waals surface area contributed by atoms with E-state index in [1.54, 1.807) is 0 Å². The van der Waals surface area contributed by atoms with Gasteiger partial charge in [0.05, 0.1) is 6.61 Å². The highest BCUT2D eigenvalue weighted by molar-refractivity contribution is 4.86. The number of ether oxygens (including phenoxy) is 2. The van der Waals surface area contributed by atoms with Gasteiger partial charge in [-0.25, -0.2) is 0 Å². The van der Waals surface area contributed by atoms with Crippen LogP contribution in [-0.2, 0) is 9.47 Å². The first-order chi connectivity index (χ1) is 9.92. The van der Waals surface area contributed by atoms with Crippen molar-refractivity contribution in [3.63, 3.8) is 0 Å². The first-order valence-corrected chi connectivity index (χ1v) is 8.60. The van der Waals surface area contributed by atoms with Crippen molar-refractivity contribution < 1.29 is 9.47 Å². The number of nitrogens with one attached hydrogen (secondary N) is 1. The molecule has 1 aliphatic carbocycles. The molecule has 0 aromatic heterocycles. The Morgan fingerprint density at radius 3 is 2.60 bits per heavy atom. The normalized spacial score (nSPS) is 28.9. The Labute approximate surface area is 123 Å². The molecule has 2 heterocycles. The number of hydrogen-bond donors (Lipinski definition) is 1. The highest BCUT2D eigenvalue weighted by atomic mass is 16.7. The summed E-state index contributed by atoms with van der Waals surface area (Å²) in [5.74, 6) is 0.891. The van der Waals surface area contributed by atoms with Crippen molar-refractivity contribution in [1.29, 1.82) is 0 Å². The Hall–Kier alpha value is -0.160. The van der Waals surface area contributed by atoms with Crippen LogP contribution >= 0.6 is 0 Å². The van der Waals surface area contributed by atoms with Gasteiger partial charge in [-0.2, -0.15) is 0 Å². The molecule has 1 N–H and O–H groups in total. The summed E-state index contributed by atoms with van der Waals surface area (Å²) >= 11 is 0. The molecule has 4 nitrogen and oxygen atoms in total. The maximum absolute atomic E-state index is 5.90. The second-order valence-corrected chi connectivity index (χ2v) is 6.59. The number of nitrogens with zero attached hydrogens (tertiary/aromatic N) is 1. The smallest absolute Gasteiger partial charge is 0.157 e. The first-order valence-electron chi connectivity index (χ1n) is 8.60. The highest BCUT2D eigenvalue weighted by Crippen LogP contribution is 2.28. The van der Waals surface area contributed by atoms with Gasteiger partial charge in [0.15, 0.2) is 6.29 Å². The summed E-state index contributed by atoms with van der Waals surface area (Å²) in [5, 5.41) is 3.46. The summed E-state index contributed by atoms with van der Waals surface area (Å²) in [4.78, 5) is 2.68. The van der Waals surface area contributed by atoms with Crippen LogP contribution < -0.4 is 5.32 Å². The monoisotopic (exact) mass is 282 g/mol. The van der Waals surface area contributed by atoms with Gasteiger partial charge in [-0.3, -0.25) is 4.90 Å². The van der Waals surface area contributed by atoms with Crippen molar-refractivity contribution in [1.82, 2.24) is 10.2 Å². The van der Waals surface area contributed by atoms with Gasteiger partial charge >= 0.3 is 0 Å². The molecule has 3 rings (SSSR count). The predicted octanol–water partition coefficient (Wildman–Crippen LogP) is 1.99. The highest BCUT2D eigenvalue weighted by Gasteiger charge is 2.30. The number of rotatable bonds is 7. The third-order valence-corrected chi connectivity index (χ3v) is 4.83. The molecular weight excluding hydrogens is 252 g/mol. The molecule has 1 unspecified atom stereocenters. The number of piperidine rings is 1. The van der Waals surface area contributed by atoms with E-state index in [0.29, 0.717) is 0 Å². The van der Waals surface area contributed by atoms with Gasteiger partial charge in [-0.15, -0.1) is 0 Å². The van der Waals surface area contributed by atoms with Crippen molar-refractivity contribution in [2.75, 3.05) is 39.4 Å². The average Bonchev–Trinajstić information content (AvgIpc) is 3.33. The van der Waals surface area contributed by atoms with E-state index in [2.05, 4.69) is 10.2 Å². The Bertz CT molecular complexity index is 272. The molecule has 2 aliphatic heterocycles. The molecule has 0 spiro atoms. The largest absolute Gasteiger partial charge is 0.353 e. The van der Waals surface area contributed by atoms with E-state index in [0.717, 1.165) is 38.1 Å². The van der Waals surface area contributed by atoms with E-state index in [4.69, 9.17) is 9.47 Å². The molecular formula is C16H30N2O2. The van der Waals surface area contributed by atoms with Crippen LogP contribution in [0.5, 0.6) is 0 Å². The molecule has 3 aliphatic rings. The zero-order chi connectivity index (χ0) is 13.6. The molecule has 20 heavy (non-hydrogen) atoms. The Morgan fingerprint density at radius 2 is 1.90 bits per heavy atom. The first kappa shape index (κ1) is 14.8. The Kier molecular flexibility index (Phi) is 5.71. The molecule has 2 saturated heterocycles. The molecule has 0 amide bonds. The van der Waals surface area contributed by atoms with E-state index in [1.165, 1.54) is 58.2 Å². The van der Waals surface area contributed by atoms with Crippen LogP contribution in [0.25, 0.3) is 0 Å². The van der Waals surface area contributed by atoms with Crippen LogP contribution in [0.2, 0.25) is 0 Å². The lowest BCUT2D eigenvalue weighted by molar-refractivity contribution is -0.164. The summed E-state index contributed by atoms with van der Waals surface area (Å²) < 4.78 is 11.5. The van der Waals surface area contributed by atoms with E-state index in [9.17, 15) is 0 Å². The Balaban J connectivity index is 1.36. The molecule has 0 aromatic rings. The van der Waals surface area contributed by atoms with Crippen molar-refractivity contribution in [2.45, 2.75) is 57.3 Å². The fourth-order valence-corrected chi connectivity index (χ4v) is 3.40. The van der Waals surface area contributed by atoms with Crippen molar-refractivity contribution in [2.24, 2.45) is 5.92 Å². The fourth-order valence-electron chi connectivity index (χ4n) is 3.40. The molecule has 0 bridgehead atoms. The molecule has 116 valence electrons. The van der Waals surface area contributed by atoms with Crippen molar-refractivity contribution in [3.05, 3.63) is 0 Å². The summed E-state index contributed by atoms with van der Waals surface area (Å²) in [6.07, 6.45) is 9.08. The molecule has 0 aromatic carbocycles. The average molecular weight is 282 g/mol. The zero-order valence-corrected chi connectivity index (χ0v) is 12.7. The number of hydrogen-bond acceptors (Lipinski definition) is 4. The van der Waals surface area contributed by atoms with Crippen molar-refractivity contribution in [3.8, 4) is 0 Å². The van der Waals surface area contributed by atoms with Gasteiger partial charge in [0, 0.05) is 25.7 Å². The van der Waals surface area contributed by atoms with Crippen LogP contribution in [0.1, 0.15) is 44.9 Å². The maximum Gasteiger partial charge on any atom is 0.157 e. The second kappa shape index (κ2) is 7.74. The van der Waals surface area contributed by atoms with Crippen LogP contribution in [0, 0.1) is 5.92 Å². The van der Waals surface area contributed by atoms with Crippen LogP contribution in [0.3, 0.4) is 0 Å². The second-order valence-electron chi connectivity index (χ2n) is 6.59. The topological polar surface area (TPSA) is 33.7 Å². The predicted molar refractivity (Wildman–Crippen MR) is 79.7 cm³/mol. The quantitative estimate of drug-likeness (QED) is 0.774. The van der Waals surface area contributed by atoms with E-state index in [-0.39, 0.29) is 6.29 Å². The minimum atomic E-state index is 0.0729. The zero-order valence-electron chi connectivity index (χ0n) is 12.7. The van der Waals surface area contributed by atoms with Gasteiger partial charge < -0.3 is 14.8 Å². The minimum Gasteiger partial charge on any atom is -0.353 e.